The maximum Gasteiger partial charge on any atom is 0.0954 e. The van der Waals surface area contributed by atoms with E-state index in [0.717, 1.165) is 12.6 Å². The molecule has 2 aromatic heterocycles. The van der Waals surface area contributed by atoms with Crippen molar-refractivity contribution < 1.29 is 0 Å². The normalized spacial score (nSPS) is 22.4. The number of aryl methyl sites for hydroxylation is 1. The first kappa shape index (κ1) is 11.7. The molecule has 1 atom stereocenters. The van der Waals surface area contributed by atoms with Gasteiger partial charge in [-0.2, -0.15) is 0 Å². The number of nitrogens with one attached hydrogen (secondary N) is 1. The fraction of sp³-hybridized carbons (Fsp3) is 0.533. The zero-order valence-electron chi connectivity index (χ0n) is 11.0. The van der Waals surface area contributed by atoms with E-state index in [1.165, 1.54) is 43.4 Å². The van der Waals surface area contributed by atoms with E-state index in [9.17, 15) is 0 Å². The van der Waals surface area contributed by atoms with Crippen molar-refractivity contribution in [2.75, 3.05) is 0 Å². The summed E-state index contributed by atoms with van der Waals surface area (Å²) >= 11 is 1.91. The minimum atomic E-state index is 0.508. The van der Waals surface area contributed by atoms with Crippen molar-refractivity contribution >= 4 is 11.3 Å². The number of hydrogen-bond acceptors (Lipinski definition) is 3. The maximum absolute atomic E-state index is 4.38. The van der Waals surface area contributed by atoms with Gasteiger partial charge in [-0.05, 0) is 49.1 Å². The molecule has 2 aromatic rings. The molecule has 4 heteroatoms. The van der Waals surface area contributed by atoms with Gasteiger partial charge in [0.15, 0.2) is 0 Å². The summed E-state index contributed by atoms with van der Waals surface area (Å²) in [6.45, 7) is 0.959. The predicted octanol–water partition coefficient (Wildman–Crippen LogP) is 3.12. The second kappa shape index (κ2) is 4.76. The molecule has 1 unspecified atom stereocenters. The Morgan fingerprint density at radius 2 is 2.32 bits per heavy atom. The van der Waals surface area contributed by atoms with Crippen molar-refractivity contribution in [3.05, 3.63) is 40.1 Å². The standard InChI is InChI=1S/C15H19N3S/c1-2-14(13-6-7-19-15(13)3-1)18-10-16-8-12(18)9-17-11-4-5-11/h6-8,10-11,14,17H,1-5,9H2. The number of nitrogens with zero attached hydrogens (tertiary/aromatic N) is 2. The van der Waals surface area contributed by atoms with E-state index in [1.807, 2.05) is 23.9 Å². The molecular weight excluding hydrogens is 254 g/mol. The number of fused-ring (bicyclic) bond motifs is 1. The van der Waals surface area contributed by atoms with E-state index in [-0.39, 0.29) is 0 Å². The van der Waals surface area contributed by atoms with Gasteiger partial charge < -0.3 is 9.88 Å². The van der Waals surface area contributed by atoms with Gasteiger partial charge in [0.2, 0.25) is 0 Å². The van der Waals surface area contributed by atoms with Gasteiger partial charge in [-0.1, -0.05) is 0 Å². The lowest BCUT2D eigenvalue weighted by Crippen LogP contribution is -2.22. The summed E-state index contributed by atoms with van der Waals surface area (Å²) < 4.78 is 2.39. The average Bonchev–Trinajstić information content (AvgIpc) is 2.96. The van der Waals surface area contributed by atoms with Crippen molar-refractivity contribution in [1.29, 1.82) is 0 Å². The molecule has 0 aromatic carbocycles. The van der Waals surface area contributed by atoms with E-state index in [0.29, 0.717) is 6.04 Å². The van der Waals surface area contributed by atoms with Crippen molar-refractivity contribution in [2.45, 2.75) is 50.7 Å². The van der Waals surface area contributed by atoms with Crippen molar-refractivity contribution in [3.63, 3.8) is 0 Å². The number of aromatic nitrogens is 2. The first-order chi connectivity index (χ1) is 9.42. The Bertz CT molecular complexity index is 567. The topological polar surface area (TPSA) is 29.9 Å². The molecule has 2 heterocycles. The van der Waals surface area contributed by atoms with Gasteiger partial charge in [-0.15, -0.1) is 11.3 Å². The summed E-state index contributed by atoms with van der Waals surface area (Å²) in [5, 5.41) is 5.84. The van der Waals surface area contributed by atoms with Crippen LogP contribution in [0.4, 0.5) is 0 Å². The summed E-state index contributed by atoms with van der Waals surface area (Å²) in [7, 11) is 0. The molecule has 4 rings (SSSR count). The zero-order valence-corrected chi connectivity index (χ0v) is 11.8. The van der Waals surface area contributed by atoms with Crippen molar-refractivity contribution in [1.82, 2.24) is 14.9 Å². The second-order valence-electron chi connectivity index (χ2n) is 5.65. The maximum atomic E-state index is 4.38. The third-order valence-electron chi connectivity index (χ3n) is 4.25. The van der Waals surface area contributed by atoms with Crippen LogP contribution in [0.3, 0.4) is 0 Å². The van der Waals surface area contributed by atoms with Crippen LogP contribution in [0.1, 0.15) is 47.9 Å². The molecule has 2 aliphatic rings. The van der Waals surface area contributed by atoms with E-state index < -0.39 is 0 Å². The summed E-state index contributed by atoms with van der Waals surface area (Å²) in [4.78, 5) is 5.95. The highest BCUT2D eigenvalue weighted by atomic mass is 32.1. The quantitative estimate of drug-likeness (QED) is 0.927. The minimum absolute atomic E-state index is 0.508. The van der Waals surface area contributed by atoms with E-state index in [4.69, 9.17) is 0 Å². The largest absolute Gasteiger partial charge is 0.326 e. The summed E-state index contributed by atoms with van der Waals surface area (Å²) in [6.07, 6.45) is 10.5. The molecule has 19 heavy (non-hydrogen) atoms. The van der Waals surface area contributed by atoms with Gasteiger partial charge >= 0.3 is 0 Å². The van der Waals surface area contributed by atoms with Gasteiger partial charge in [-0.3, -0.25) is 0 Å². The second-order valence-corrected chi connectivity index (χ2v) is 6.66. The van der Waals surface area contributed by atoms with Crippen LogP contribution in [-0.2, 0) is 13.0 Å². The molecule has 2 aliphatic carbocycles. The molecule has 0 spiro atoms. The zero-order chi connectivity index (χ0) is 12.7. The third kappa shape index (κ3) is 2.23. The van der Waals surface area contributed by atoms with Crippen LogP contribution >= 0.6 is 11.3 Å². The first-order valence-electron chi connectivity index (χ1n) is 7.22. The fourth-order valence-corrected chi connectivity index (χ4v) is 4.02. The molecule has 1 saturated carbocycles. The molecule has 1 fully saturated rings. The molecule has 1 N–H and O–H groups in total. The number of rotatable bonds is 4. The van der Waals surface area contributed by atoms with E-state index >= 15 is 0 Å². The lowest BCUT2D eigenvalue weighted by atomic mass is 9.93. The Balaban J connectivity index is 1.60. The highest BCUT2D eigenvalue weighted by Crippen LogP contribution is 2.36. The fourth-order valence-electron chi connectivity index (χ4n) is 3.04. The van der Waals surface area contributed by atoms with Gasteiger partial charge in [0, 0.05) is 23.7 Å². The Morgan fingerprint density at radius 1 is 1.37 bits per heavy atom. The van der Waals surface area contributed by atoms with Crippen LogP contribution < -0.4 is 5.32 Å². The highest BCUT2D eigenvalue weighted by Gasteiger charge is 2.25. The van der Waals surface area contributed by atoms with Gasteiger partial charge in [0.1, 0.15) is 0 Å². The van der Waals surface area contributed by atoms with Gasteiger partial charge in [0.05, 0.1) is 18.1 Å². The van der Waals surface area contributed by atoms with Gasteiger partial charge in [-0.25, -0.2) is 4.98 Å². The predicted molar refractivity (Wildman–Crippen MR) is 77.5 cm³/mol. The minimum Gasteiger partial charge on any atom is -0.326 e. The molecule has 3 nitrogen and oxygen atoms in total. The molecule has 0 saturated heterocycles. The first-order valence-corrected chi connectivity index (χ1v) is 8.10. The Morgan fingerprint density at radius 3 is 3.21 bits per heavy atom. The lowest BCUT2D eigenvalue weighted by Gasteiger charge is -2.25. The van der Waals surface area contributed by atoms with Gasteiger partial charge in [0.25, 0.3) is 0 Å². The van der Waals surface area contributed by atoms with Crippen LogP contribution in [0.25, 0.3) is 0 Å². The molecular formula is C15H19N3S. The Labute approximate surface area is 117 Å². The number of thiophene rings is 1. The average molecular weight is 273 g/mol. The van der Waals surface area contributed by atoms with Crippen LogP contribution in [0.2, 0.25) is 0 Å². The van der Waals surface area contributed by atoms with E-state index in [1.54, 1.807) is 4.88 Å². The molecule has 100 valence electrons. The van der Waals surface area contributed by atoms with Crippen LogP contribution in [0.15, 0.2) is 24.0 Å². The number of imidazole rings is 1. The van der Waals surface area contributed by atoms with Crippen LogP contribution in [-0.4, -0.2) is 15.6 Å². The van der Waals surface area contributed by atoms with Crippen molar-refractivity contribution in [3.8, 4) is 0 Å². The lowest BCUT2D eigenvalue weighted by molar-refractivity contribution is 0.474. The van der Waals surface area contributed by atoms with Crippen LogP contribution in [0, 0.1) is 0 Å². The van der Waals surface area contributed by atoms with E-state index in [2.05, 4.69) is 26.3 Å². The molecule has 0 aliphatic heterocycles. The molecule has 0 radical (unpaired) electrons. The third-order valence-corrected chi connectivity index (χ3v) is 5.25. The van der Waals surface area contributed by atoms with Crippen LogP contribution in [0.5, 0.6) is 0 Å². The van der Waals surface area contributed by atoms with Crippen molar-refractivity contribution in [2.24, 2.45) is 0 Å². The smallest absolute Gasteiger partial charge is 0.0954 e. The summed E-state index contributed by atoms with van der Waals surface area (Å²) in [5.41, 5.74) is 2.86. The Hall–Kier alpha value is -1.13. The Kier molecular flexibility index (Phi) is 2.93. The highest BCUT2D eigenvalue weighted by molar-refractivity contribution is 7.10. The molecule has 0 bridgehead atoms. The summed E-state index contributed by atoms with van der Waals surface area (Å²) in [5.74, 6) is 0. The SMILES string of the molecule is c1cc2c(s1)CCCC2n1cncc1CNC1CC1. The monoisotopic (exact) mass is 273 g/mol. The molecule has 0 amide bonds. The summed E-state index contributed by atoms with van der Waals surface area (Å²) in [6, 6.07) is 3.57. The number of hydrogen-bond donors (Lipinski definition) is 1.